The van der Waals surface area contributed by atoms with E-state index in [1.807, 2.05) is 6.07 Å². The Kier molecular flexibility index (Phi) is 5.09. The van der Waals surface area contributed by atoms with Crippen LogP contribution in [0.1, 0.15) is 22.3 Å². The first-order chi connectivity index (χ1) is 10.6. The monoisotopic (exact) mass is 296 g/mol. The van der Waals surface area contributed by atoms with Gasteiger partial charge in [0, 0.05) is 17.6 Å². The van der Waals surface area contributed by atoms with E-state index in [9.17, 15) is 14.7 Å². The summed E-state index contributed by atoms with van der Waals surface area (Å²) in [6, 6.07) is 15.1. The topological polar surface area (TPSA) is 63.6 Å². The Bertz CT molecular complexity index is 685. The molecule has 2 aromatic carbocycles. The van der Waals surface area contributed by atoms with Gasteiger partial charge in [-0.15, -0.1) is 0 Å². The van der Waals surface area contributed by atoms with Crippen LogP contribution in [0, 0.1) is 0 Å². The third-order valence-electron chi connectivity index (χ3n) is 3.13. The summed E-state index contributed by atoms with van der Waals surface area (Å²) in [6.45, 7) is 0. The van der Waals surface area contributed by atoms with Crippen LogP contribution in [0.2, 0.25) is 0 Å². The van der Waals surface area contributed by atoms with Gasteiger partial charge in [-0.1, -0.05) is 42.5 Å². The number of carbonyl (C=O) groups is 2. The van der Waals surface area contributed by atoms with Gasteiger partial charge in [0.05, 0.1) is 7.11 Å². The van der Waals surface area contributed by atoms with E-state index in [1.54, 1.807) is 42.5 Å². The van der Waals surface area contributed by atoms with Gasteiger partial charge < -0.3 is 9.84 Å². The number of ether oxygens (including phenoxy) is 1. The average Bonchev–Trinajstić information content (AvgIpc) is 2.56. The van der Waals surface area contributed by atoms with Gasteiger partial charge in [0.25, 0.3) is 0 Å². The van der Waals surface area contributed by atoms with Crippen molar-refractivity contribution in [1.29, 1.82) is 0 Å². The predicted molar refractivity (Wildman–Crippen MR) is 83.5 cm³/mol. The van der Waals surface area contributed by atoms with Crippen molar-refractivity contribution in [3.63, 3.8) is 0 Å². The number of carbonyl (C=O) groups excluding carboxylic acids is 2. The van der Waals surface area contributed by atoms with Crippen LogP contribution >= 0.6 is 0 Å². The molecule has 0 aliphatic rings. The zero-order chi connectivity index (χ0) is 15.9. The fourth-order valence-corrected chi connectivity index (χ4v) is 1.98. The highest BCUT2D eigenvalue weighted by molar-refractivity contribution is 6.05. The number of benzene rings is 2. The van der Waals surface area contributed by atoms with Gasteiger partial charge in [0.2, 0.25) is 0 Å². The van der Waals surface area contributed by atoms with Crippen molar-refractivity contribution < 1.29 is 19.4 Å². The Balaban J connectivity index is 2.25. The molecule has 0 heterocycles. The number of esters is 1. The van der Waals surface area contributed by atoms with Crippen molar-refractivity contribution in [1.82, 2.24) is 0 Å². The van der Waals surface area contributed by atoms with Gasteiger partial charge in [0.15, 0.2) is 5.78 Å². The zero-order valence-electron chi connectivity index (χ0n) is 12.2. The van der Waals surface area contributed by atoms with Crippen molar-refractivity contribution in [3.05, 3.63) is 71.3 Å². The predicted octanol–water partition coefficient (Wildman–Crippen LogP) is 3.22. The average molecular weight is 296 g/mol. The fraction of sp³-hybridized carbons (Fsp3) is 0.111. The van der Waals surface area contributed by atoms with Crippen LogP contribution in [0.3, 0.4) is 0 Å². The molecule has 0 spiro atoms. The second kappa shape index (κ2) is 7.22. The molecule has 4 heteroatoms. The summed E-state index contributed by atoms with van der Waals surface area (Å²) in [6.07, 6.45) is 1.55. The molecule has 2 aromatic rings. The van der Waals surface area contributed by atoms with E-state index < -0.39 is 5.97 Å². The number of aromatic hydroxyl groups is 1. The SMILES string of the molecule is COC(=O)/C(=C/c1ccc(O)cc1)CC(=O)c1ccccc1. The summed E-state index contributed by atoms with van der Waals surface area (Å²) in [5, 5.41) is 9.27. The minimum atomic E-state index is -0.544. The molecule has 0 unspecified atom stereocenters. The molecule has 0 aliphatic carbocycles. The molecular formula is C18H16O4. The lowest BCUT2D eigenvalue weighted by atomic mass is 10.0. The van der Waals surface area contributed by atoms with Crippen molar-refractivity contribution >= 4 is 17.8 Å². The molecule has 0 aliphatic heterocycles. The number of methoxy groups -OCH3 is 1. The lowest BCUT2D eigenvalue weighted by Gasteiger charge is -2.06. The maximum Gasteiger partial charge on any atom is 0.334 e. The van der Waals surface area contributed by atoms with Crippen LogP contribution in [0.15, 0.2) is 60.2 Å². The molecule has 1 N–H and O–H groups in total. The molecule has 0 amide bonds. The summed E-state index contributed by atoms with van der Waals surface area (Å²) in [7, 11) is 1.28. The van der Waals surface area contributed by atoms with E-state index in [-0.39, 0.29) is 23.5 Å². The standard InChI is InChI=1S/C18H16O4/c1-22-18(21)15(11-13-7-9-16(19)10-8-13)12-17(20)14-5-3-2-4-6-14/h2-11,19H,12H2,1H3/b15-11+. The van der Waals surface area contributed by atoms with E-state index in [4.69, 9.17) is 4.74 Å². The van der Waals surface area contributed by atoms with Gasteiger partial charge in [-0.05, 0) is 23.8 Å². The van der Waals surface area contributed by atoms with Crippen LogP contribution in [-0.2, 0) is 9.53 Å². The first-order valence-electron chi connectivity index (χ1n) is 6.76. The summed E-state index contributed by atoms with van der Waals surface area (Å²) in [5.41, 5.74) is 1.52. The molecule has 4 nitrogen and oxygen atoms in total. The Labute approximate surface area is 128 Å². The van der Waals surface area contributed by atoms with Crippen LogP contribution in [0.5, 0.6) is 5.75 Å². The van der Waals surface area contributed by atoms with Crippen LogP contribution in [-0.4, -0.2) is 24.0 Å². The van der Waals surface area contributed by atoms with Gasteiger partial charge in [0.1, 0.15) is 5.75 Å². The molecule has 22 heavy (non-hydrogen) atoms. The molecule has 0 saturated heterocycles. The maximum absolute atomic E-state index is 12.2. The molecule has 112 valence electrons. The highest BCUT2D eigenvalue weighted by atomic mass is 16.5. The van der Waals surface area contributed by atoms with Crippen molar-refractivity contribution in [3.8, 4) is 5.75 Å². The number of rotatable bonds is 5. The number of phenols is 1. The number of hydrogen-bond acceptors (Lipinski definition) is 4. The van der Waals surface area contributed by atoms with Crippen molar-refractivity contribution in [2.45, 2.75) is 6.42 Å². The molecule has 0 atom stereocenters. The van der Waals surface area contributed by atoms with Crippen molar-refractivity contribution in [2.75, 3.05) is 7.11 Å². The van der Waals surface area contributed by atoms with E-state index in [0.29, 0.717) is 11.1 Å². The summed E-state index contributed by atoms with van der Waals surface area (Å²) >= 11 is 0. The van der Waals surface area contributed by atoms with E-state index in [1.165, 1.54) is 19.2 Å². The van der Waals surface area contributed by atoms with Gasteiger partial charge >= 0.3 is 5.97 Å². The Morgan fingerprint density at radius 3 is 2.27 bits per heavy atom. The minimum absolute atomic E-state index is 0.0441. The zero-order valence-corrected chi connectivity index (χ0v) is 12.2. The van der Waals surface area contributed by atoms with E-state index in [0.717, 1.165) is 0 Å². The molecule has 0 saturated carbocycles. The number of Topliss-reactive ketones (excluding diaryl/α,β-unsaturated/α-hetero) is 1. The molecular weight excluding hydrogens is 280 g/mol. The Hall–Kier alpha value is -2.88. The highest BCUT2D eigenvalue weighted by Crippen LogP contribution is 2.17. The summed E-state index contributed by atoms with van der Waals surface area (Å²) in [4.78, 5) is 24.1. The summed E-state index contributed by atoms with van der Waals surface area (Å²) in [5.74, 6) is -0.564. The van der Waals surface area contributed by atoms with Gasteiger partial charge in [-0.3, -0.25) is 4.79 Å². The van der Waals surface area contributed by atoms with E-state index in [2.05, 4.69) is 0 Å². The summed E-state index contributed by atoms with van der Waals surface area (Å²) < 4.78 is 4.74. The first kappa shape index (κ1) is 15.5. The lowest BCUT2D eigenvalue weighted by molar-refractivity contribution is -0.136. The van der Waals surface area contributed by atoms with Crippen LogP contribution in [0.4, 0.5) is 0 Å². The van der Waals surface area contributed by atoms with Crippen molar-refractivity contribution in [2.24, 2.45) is 0 Å². The third kappa shape index (κ3) is 4.06. The second-order valence-corrected chi connectivity index (χ2v) is 4.72. The molecule has 0 bridgehead atoms. The normalized spacial score (nSPS) is 11.0. The smallest absolute Gasteiger partial charge is 0.334 e. The largest absolute Gasteiger partial charge is 0.508 e. The minimum Gasteiger partial charge on any atom is -0.508 e. The third-order valence-corrected chi connectivity index (χ3v) is 3.13. The molecule has 0 radical (unpaired) electrons. The van der Waals surface area contributed by atoms with Gasteiger partial charge in [-0.25, -0.2) is 4.79 Å². The van der Waals surface area contributed by atoms with Crippen LogP contribution < -0.4 is 0 Å². The number of ketones is 1. The second-order valence-electron chi connectivity index (χ2n) is 4.72. The number of phenolic OH excluding ortho intramolecular Hbond substituents is 1. The van der Waals surface area contributed by atoms with Crippen LogP contribution in [0.25, 0.3) is 6.08 Å². The number of hydrogen-bond donors (Lipinski definition) is 1. The molecule has 0 fully saturated rings. The molecule has 2 rings (SSSR count). The maximum atomic E-state index is 12.2. The highest BCUT2D eigenvalue weighted by Gasteiger charge is 2.15. The molecule has 0 aromatic heterocycles. The Morgan fingerprint density at radius 1 is 1.05 bits per heavy atom. The first-order valence-corrected chi connectivity index (χ1v) is 6.76. The van der Waals surface area contributed by atoms with Gasteiger partial charge in [-0.2, -0.15) is 0 Å². The quantitative estimate of drug-likeness (QED) is 0.523. The fourth-order valence-electron chi connectivity index (χ4n) is 1.98. The lowest BCUT2D eigenvalue weighted by Crippen LogP contribution is -2.10. The Morgan fingerprint density at radius 2 is 1.68 bits per heavy atom. The van der Waals surface area contributed by atoms with E-state index >= 15 is 0 Å².